The average molecular weight is 415 g/mol. The monoisotopic (exact) mass is 414 g/mol. The number of rotatable bonds is 2. The van der Waals surface area contributed by atoms with Crippen molar-refractivity contribution in [2.24, 2.45) is 5.92 Å². The molecular formula is C30H26N2. The number of benzene rings is 2. The zero-order chi connectivity index (χ0) is 21.1. The van der Waals surface area contributed by atoms with E-state index in [1.807, 2.05) is 0 Å². The van der Waals surface area contributed by atoms with Crippen molar-refractivity contribution in [1.29, 1.82) is 0 Å². The second-order valence-corrected chi connectivity index (χ2v) is 9.37. The highest BCUT2D eigenvalue weighted by atomic mass is 15.2. The first-order chi connectivity index (χ1) is 15.9. The average Bonchev–Trinajstić information content (AvgIpc) is 3.39. The molecule has 2 heteroatoms. The van der Waals surface area contributed by atoms with E-state index in [4.69, 9.17) is 0 Å². The van der Waals surface area contributed by atoms with Gasteiger partial charge in [0.05, 0.1) is 6.04 Å². The summed E-state index contributed by atoms with van der Waals surface area (Å²) in [5.74, 6) is 0.932. The fourth-order valence-corrected chi connectivity index (χ4v) is 6.12. The molecule has 1 aromatic heterocycles. The van der Waals surface area contributed by atoms with Gasteiger partial charge in [0.2, 0.25) is 0 Å². The van der Waals surface area contributed by atoms with Gasteiger partial charge in [-0.1, -0.05) is 78.4 Å². The number of allylic oxidation sites excluding steroid dienone is 7. The van der Waals surface area contributed by atoms with Crippen LogP contribution in [0.1, 0.15) is 35.6 Å². The second kappa shape index (κ2) is 7.00. The molecule has 3 aliphatic carbocycles. The highest BCUT2D eigenvalue weighted by Gasteiger charge is 2.38. The van der Waals surface area contributed by atoms with Gasteiger partial charge >= 0.3 is 0 Å². The first kappa shape index (κ1) is 18.1. The third kappa shape index (κ3) is 2.65. The molecule has 156 valence electrons. The van der Waals surface area contributed by atoms with Gasteiger partial charge in [-0.15, -0.1) is 0 Å². The molecule has 0 saturated heterocycles. The number of anilines is 1. The molecule has 3 aromatic rings. The molecule has 4 aliphatic rings. The van der Waals surface area contributed by atoms with Gasteiger partial charge in [-0.2, -0.15) is 0 Å². The highest BCUT2D eigenvalue weighted by molar-refractivity contribution is 5.88. The van der Waals surface area contributed by atoms with E-state index in [1.165, 1.54) is 39.1 Å². The maximum Gasteiger partial charge on any atom is 0.0557 e. The van der Waals surface area contributed by atoms with Gasteiger partial charge in [-0.3, -0.25) is 0 Å². The van der Waals surface area contributed by atoms with Crippen LogP contribution < -0.4 is 4.90 Å². The minimum atomic E-state index is 0.413. The molecule has 0 radical (unpaired) electrons. The lowest BCUT2D eigenvalue weighted by molar-refractivity contribution is 0.643. The van der Waals surface area contributed by atoms with Gasteiger partial charge < -0.3 is 9.88 Å². The van der Waals surface area contributed by atoms with E-state index in [0.717, 1.165) is 19.3 Å². The number of fused-ring (bicyclic) bond motifs is 6. The van der Waals surface area contributed by atoms with Crippen molar-refractivity contribution in [1.82, 2.24) is 4.98 Å². The quantitative estimate of drug-likeness (QED) is 0.476. The van der Waals surface area contributed by atoms with Crippen LogP contribution in [0.2, 0.25) is 0 Å². The van der Waals surface area contributed by atoms with Gasteiger partial charge in [0.25, 0.3) is 0 Å². The van der Waals surface area contributed by atoms with Crippen LogP contribution >= 0.6 is 0 Å². The van der Waals surface area contributed by atoms with E-state index in [9.17, 15) is 0 Å². The normalized spacial score (nSPS) is 25.4. The molecule has 2 heterocycles. The Morgan fingerprint density at radius 3 is 2.72 bits per heavy atom. The molecule has 7 rings (SSSR count). The molecule has 3 atom stereocenters. The predicted octanol–water partition coefficient (Wildman–Crippen LogP) is 7.06. The molecule has 0 amide bonds. The van der Waals surface area contributed by atoms with Crippen LogP contribution in [0.15, 0.2) is 102 Å². The van der Waals surface area contributed by atoms with E-state index >= 15 is 0 Å². The molecule has 2 nitrogen and oxygen atoms in total. The zero-order valence-electron chi connectivity index (χ0n) is 18.0. The van der Waals surface area contributed by atoms with Crippen LogP contribution in [0.5, 0.6) is 0 Å². The van der Waals surface area contributed by atoms with Crippen LogP contribution in [0, 0.1) is 5.92 Å². The van der Waals surface area contributed by atoms with Crippen LogP contribution in [-0.4, -0.2) is 11.0 Å². The van der Waals surface area contributed by atoms with Crippen LogP contribution in [-0.2, 0) is 6.42 Å². The van der Waals surface area contributed by atoms with Crippen molar-refractivity contribution < 1.29 is 0 Å². The third-order valence-corrected chi connectivity index (χ3v) is 7.65. The van der Waals surface area contributed by atoms with Gasteiger partial charge in [0.15, 0.2) is 0 Å². The van der Waals surface area contributed by atoms with Gasteiger partial charge in [-0.25, -0.2) is 0 Å². The fourth-order valence-electron chi connectivity index (χ4n) is 6.12. The summed E-state index contributed by atoms with van der Waals surface area (Å²) >= 11 is 0. The van der Waals surface area contributed by atoms with E-state index in [0.29, 0.717) is 17.9 Å². The molecule has 0 bridgehead atoms. The topological polar surface area (TPSA) is 19.0 Å². The second-order valence-electron chi connectivity index (χ2n) is 9.37. The Hall–Kier alpha value is -3.52. The van der Waals surface area contributed by atoms with E-state index in [-0.39, 0.29) is 0 Å². The zero-order valence-corrected chi connectivity index (χ0v) is 18.0. The maximum atomic E-state index is 3.59. The minimum absolute atomic E-state index is 0.413. The van der Waals surface area contributed by atoms with Gasteiger partial charge in [0.1, 0.15) is 0 Å². The first-order valence-corrected chi connectivity index (χ1v) is 11.8. The number of H-pyrrole nitrogens is 1. The molecule has 3 unspecified atom stereocenters. The summed E-state index contributed by atoms with van der Waals surface area (Å²) in [7, 11) is 0. The van der Waals surface area contributed by atoms with Crippen molar-refractivity contribution in [2.45, 2.75) is 31.2 Å². The predicted molar refractivity (Wildman–Crippen MR) is 134 cm³/mol. The smallest absolute Gasteiger partial charge is 0.0557 e. The summed E-state index contributed by atoms with van der Waals surface area (Å²) < 4.78 is 0. The Kier molecular flexibility index (Phi) is 3.96. The third-order valence-electron chi connectivity index (χ3n) is 7.65. The van der Waals surface area contributed by atoms with Crippen LogP contribution in [0.25, 0.3) is 17.0 Å². The minimum Gasteiger partial charge on any atom is -0.355 e. The molecular weight excluding hydrogens is 388 g/mol. The van der Waals surface area contributed by atoms with Crippen LogP contribution in [0.4, 0.5) is 5.69 Å². The lowest BCUT2D eigenvalue weighted by atomic mass is 9.78. The summed E-state index contributed by atoms with van der Waals surface area (Å²) in [6.07, 6.45) is 21.8. The van der Waals surface area contributed by atoms with Gasteiger partial charge in [-0.05, 0) is 54.7 Å². The van der Waals surface area contributed by atoms with Crippen LogP contribution in [0.3, 0.4) is 0 Å². The first-order valence-electron chi connectivity index (χ1n) is 11.8. The maximum absolute atomic E-state index is 3.59. The largest absolute Gasteiger partial charge is 0.355 e. The van der Waals surface area contributed by atoms with Crippen molar-refractivity contribution in [3.63, 3.8) is 0 Å². The summed E-state index contributed by atoms with van der Waals surface area (Å²) in [5, 5.41) is 1.37. The molecule has 2 aromatic carbocycles. The number of aromatic nitrogens is 1. The molecule has 0 fully saturated rings. The number of aromatic amines is 1. The highest BCUT2D eigenvalue weighted by Crippen LogP contribution is 2.51. The van der Waals surface area contributed by atoms with E-state index in [2.05, 4.69) is 107 Å². The number of hydrogen-bond acceptors (Lipinski definition) is 1. The summed E-state index contributed by atoms with van der Waals surface area (Å²) in [5.41, 5.74) is 9.90. The Labute approximate surface area is 189 Å². The Bertz CT molecular complexity index is 1380. The summed E-state index contributed by atoms with van der Waals surface area (Å²) in [6.45, 7) is 0. The van der Waals surface area contributed by atoms with E-state index < -0.39 is 0 Å². The van der Waals surface area contributed by atoms with Gasteiger partial charge in [0, 0.05) is 39.8 Å². The number of para-hydroxylation sites is 2. The molecule has 1 aliphatic heterocycles. The number of nitrogens with one attached hydrogen (secondary N) is 1. The fraction of sp³-hybridized carbons (Fsp3) is 0.200. The molecule has 0 saturated carbocycles. The molecule has 32 heavy (non-hydrogen) atoms. The lowest BCUT2D eigenvalue weighted by Crippen LogP contribution is -2.32. The Balaban J connectivity index is 1.25. The lowest BCUT2D eigenvalue weighted by Gasteiger charge is -2.33. The summed E-state index contributed by atoms with van der Waals surface area (Å²) in [4.78, 5) is 6.18. The van der Waals surface area contributed by atoms with Crippen molar-refractivity contribution in [2.75, 3.05) is 4.90 Å². The summed E-state index contributed by atoms with van der Waals surface area (Å²) in [6, 6.07) is 18.1. The van der Waals surface area contributed by atoms with E-state index in [1.54, 1.807) is 5.57 Å². The molecule has 1 N–H and O–H groups in total. The van der Waals surface area contributed by atoms with Crippen molar-refractivity contribution >= 4 is 22.7 Å². The Morgan fingerprint density at radius 2 is 1.78 bits per heavy atom. The standard InChI is InChI=1S/C30H26N2/c1-2-8-22(9-3-1)32-29-13-7-5-11-24(29)26-19-21(15-17-30(26)32)20-14-16-28-25(18-20)23-10-4-6-12-27(23)31-28/h1-8,10-17,20,22,26,31H,9,18-19H2. The van der Waals surface area contributed by atoms with Crippen molar-refractivity contribution in [3.8, 4) is 0 Å². The van der Waals surface area contributed by atoms with Crippen molar-refractivity contribution in [3.05, 3.63) is 119 Å². The molecule has 0 spiro atoms. The number of hydrogen-bond donors (Lipinski definition) is 1. The number of nitrogens with zero attached hydrogens (tertiary/aromatic N) is 1. The Morgan fingerprint density at radius 1 is 0.875 bits per heavy atom. The SMILES string of the molecule is C1=CCC(N2C3=CC=C(C4C=Cc5[nH]c6ccccc6c5C4)CC3c3ccccc32)C=C1.